The molecule has 1 saturated carbocycles. The molecular formula is C8H16O2S. The van der Waals surface area contributed by atoms with E-state index in [1.165, 1.54) is 6.42 Å². The van der Waals surface area contributed by atoms with Crippen LogP contribution in [-0.2, 0) is 9.47 Å². The first-order valence-electron chi connectivity index (χ1n) is 4.03. The van der Waals surface area contributed by atoms with Gasteiger partial charge in [-0.05, 0) is 19.3 Å². The third-order valence-corrected chi connectivity index (χ3v) is 3.01. The summed E-state index contributed by atoms with van der Waals surface area (Å²) >= 11 is 4.46. The standard InChI is InChI=1S/C8H16O2S/c1-9-6-4-3-5-7(10-2)8(6)11/h6-8,11H,3-5H2,1-2H3. The van der Waals surface area contributed by atoms with Crippen LogP contribution in [0.15, 0.2) is 0 Å². The van der Waals surface area contributed by atoms with Crippen molar-refractivity contribution in [3.63, 3.8) is 0 Å². The topological polar surface area (TPSA) is 18.5 Å². The van der Waals surface area contributed by atoms with Gasteiger partial charge in [-0.2, -0.15) is 12.6 Å². The quantitative estimate of drug-likeness (QED) is 0.643. The fourth-order valence-corrected chi connectivity index (χ4v) is 2.16. The molecule has 0 saturated heterocycles. The number of ether oxygens (including phenoxy) is 2. The van der Waals surface area contributed by atoms with Gasteiger partial charge in [0.1, 0.15) is 0 Å². The van der Waals surface area contributed by atoms with E-state index in [9.17, 15) is 0 Å². The van der Waals surface area contributed by atoms with Crippen molar-refractivity contribution in [2.24, 2.45) is 0 Å². The van der Waals surface area contributed by atoms with E-state index >= 15 is 0 Å². The molecule has 0 radical (unpaired) electrons. The molecule has 0 amide bonds. The van der Waals surface area contributed by atoms with Gasteiger partial charge in [-0.3, -0.25) is 0 Å². The lowest BCUT2D eigenvalue weighted by Gasteiger charge is -2.33. The van der Waals surface area contributed by atoms with E-state index in [0.29, 0.717) is 0 Å². The summed E-state index contributed by atoms with van der Waals surface area (Å²) in [5, 5.41) is 0.249. The second-order valence-corrected chi connectivity index (χ2v) is 3.57. The predicted molar refractivity (Wildman–Crippen MR) is 48.2 cm³/mol. The van der Waals surface area contributed by atoms with Crippen LogP contribution in [0.3, 0.4) is 0 Å². The molecule has 0 N–H and O–H groups in total. The van der Waals surface area contributed by atoms with Crippen LogP contribution >= 0.6 is 12.6 Å². The molecular weight excluding hydrogens is 160 g/mol. The maximum Gasteiger partial charge on any atom is 0.0712 e. The highest BCUT2D eigenvalue weighted by molar-refractivity contribution is 7.81. The highest BCUT2D eigenvalue weighted by Gasteiger charge is 2.30. The highest BCUT2D eigenvalue weighted by atomic mass is 32.1. The molecule has 2 nitrogen and oxygen atoms in total. The van der Waals surface area contributed by atoms with Gasteiger partial charge >= 0.3 is 0 Å². The molecule has 1 aliphatic carbocycles. The molecule has 2 unspecified atom stereocenters. The molecule has 66 valence electrons. The van der Waals surface area contributed by atoms with Gasteiger partial charge in [0.05, 0.1) is 17.5 Å². The average Bonchev–Trinajstić information content (AvgIpc) is 2.05. The number of rotatable bonds is 2. The van der Waals surface area contributed by atoms with Crippen molar-refractivity contribution in [1.82, 2.24) is 0 Å². The maximum absolute atomic E-state index is 5.28. The van der Waals surface area contributed by atoms with Crippen molar-refractivity contribution in [1.29, 1.82) is 0 Å². The number of methoxy groups -OCH3 is 2. The van der Waals surface area contributed by atoms with Gasteiger partial charge in [0, 0.05) is 14.2 Å². The second-order valence-electron chi connectivity index (χ2n) is 2.97. The van der Waals surface area contributed by atoms with Crippen LogP contribution in [0.25, 0.3) is 0 Å². The minimum Gasteiger partial charge on any atom is -0.380 e. The molecule has 1 rings (SSSR count). The third kappa shape index (κ3) is 2.10. The van der Waals surface area contributed by atoms with E-state index < -0.39 is 0 Å². The van der Waals surface area contributed by atoms with Crippen LogP contribution in [0.2, 0.25) is 0 Å². The van der Waals surface area contributed by atoms with Crippen LogP contribution < -0.4 is 0 Å². The van der Waals surface area contributed by atoms with E-state index in [1.807, 2.05) is 0 Å². The van der Waals surface area contributed by atoms with Crippen LogP contribution in [0.4, 0.5) is 0 Å². The molecule has 1 aliphatic rings. The average molecular weight is 176 g/mol. The Labute approximate surface area is 73.7 Å². The van der Waals surface area contributed by atoms with Gasteiger partial charge in [0.25, 0.3) is 0 Å². The van der Waals surface area contributed by atoms with Gasteiger partial charge in [-0.1, -0.05) is 0 Å². The van der Waals surface area contributed by atoms with E-state index in [2.05, 4.69) is 12.6 Å². The summed E-state index contributed by atoms with van der Waals surface area (Å²) in [4.78, 5) is 0. The van der Waals surface area contributed by atoms with Crippen molar-refractivity contribution in [2.45, 2.75) is 36.7 Å². The van der Waals surface area contributed by atoms with Crippen molar-refractivity contribution in [3.05, 3.63) is 0 Å². The van der Waals surface area contributed by atoms with Gasteiger partial charge in [-0.25, -0.2) is 0 Å². The van der Waals surface area contributed by atoms with Gasteiger partial charge in [-0.15, -0.1) is 0 Å². The summed E-state index contributed by atoms with van der Waals surface area (Å²) in [6, 6.07) is 0. The monoisotopic (exact) mass is 176 g/mol. The molecule has 0 aliphatic heterocycles. The molecule has 0 aromatic rings. The number of thiol groups is 1. The fraction of sp³-hybridized carbons (Fsp3) is 1.00. The van der Waals surface area contributed by atoms with Crippen LogP contribution in [-0.4, -0.2) is 31.7 Å². The summed E-state index contributed by atoms with van der Waals surface area (Å²) in [5.41, 5.74) is 0. The molecule has 0 heterocycles. The maximum atomic E-state index is 5.28. The minimum atomic E-state index is 0.249. The first-order valence-corrected chi connectivity index (χ1v) is 4.55. The Morgan fingerprint density at radius 3 is 1.91 bits per heavy atom. The summed E-state index contributed by atoms with van der Waals surface area (Å²) < 4.78 is 10.6. The Morgan fingerprint density at radius 2 is 1.55 bits per heavy atom. The van der Waals surface area contributed by atoms with E-state index in [4.69, 9.17) is 9.47 Å². The Morgan fingerprint density at radius 1 is 1.09 bits per heavy atom. The minimum absolute atomic E-state index is 0.249. The Hall–Kier alpha value is 0.270. The lowest BCUT2D eigenvalue weighted by atomic mass is 9.94. The summed E-state index contributed by atoms with van der Waals surface area (Å²) in [6.45, 7) is 0. The van der Waals surface area contributed by atoms with Crippen LogP contribution in [0, 0.1) is 0 Å². The Balaban J connectivity index is 2.45. The summed E-state index contributed by atoms with van der Waals surface area (Å²) in [6.07, 6.45) is 3.97. The van der Waals surface area contributed by atoms with E-state index in [1.54, 1.807) is 14.2 Å². The molecule has 11 heavy (non-hydrogen) atoms. The SMILES string of the molecule is COC1CCCC(OC)C1S. The largest absolute Gasteiger partial charge is 0.380 e. The third-order valence-electron chi connectivity index (χ3n) is 2.34. The lowest BCUT2D eigenvalue weighted by Crippen LogP contribution is -2.39. The smallest absolute Gasteiger partial charge is 0.0712 e. The van der Waals surface area contributed by atoms with Crippen molar-refractivity contribution in [3.8, 4) is 0 Å². The highest BCUT2D eigenvalue weighted by Crippen LogP contribution is 2.26. The molecule has 0 aromatic heterocycles. The zero-order valence-electron chi connectivity index (χ0n) is 7.12. The molecule has 1 fully saturated rings. The molecule has 2 atom stereocenters. The van der Waals surface area contributed by atoms with E-state index in [0.717, 1.165) is 12.8 Å². The zero-order valence-corrected chi connectivity index (χ0v) is 8.01. The van der Waals surface area contributed by atoms with Crippen molar-refractivity contribution < 1.29 is 9.47 Å². The molecule has 3 heteroatoms. The lowest BCUT2D eigenvalue weighted by molar-refractivity contribution is -0.00169. The van der Waals surface area contributed by atoms with Crippen molar-refractivity contribution >= 4 is 12.6 Å². The molecule has 0 spiro atoms. The second kappa shape index (κ2) is 4.33. The summed E-state index contributed by atoms with van der Waals surface area (Å²) in [5.74, 6) is 0. The van der Waals surface area contributed by atoms with Crippen LogP contribution in [0.5, 0.6) is 0 Å². The fourth-order valence-electron chi connectivity index (χ4n) is 1.62. The van der Waals surface area contributed by atoms with Crippen molar-refractivity contribution in [2.75, 3.05) is 14.2 Å². The molecule has 0 bridgehead atoms. The number of hydrogen-bond acceptors (Lipinski definition) is 3. The van der Waals surface area contributed by atoms with Gasteiger partial charge in [0.15, 0.2) is 0 Å². The zero-order chi connectivity index (χ0) is 8.27. The first-order chi connectivity index (χ1) is 5.29. The van der Waals surface area contributed by atoms with Crippen LogP contribution in [0.1, 0.15) is 19.3 Å². The predicted octanol–water partition coefficient (Wildman–Crippen LogP) is 1.50. The normalized spacial score (nSPS) is 39.0. The Kier molecular flexibility index (Phi) is 3.69. The first kappa shape index (κ1) is 9.36. The van der Waals surface area contributed by atoms with E-state index in [-0.39, 0.29) is 17.5 Å². The Bertz CT molecular complexity index is 107. The van der Waals surface area contributed by atoms with Gasteiger partial charge in [0.2, 0.25) is 0 Å². The van der Waals surface area contributed by atoms with Gasteiger partial charge < -0.3 is 9.47 Å². The summed E-state index contributed by atoms with van der Waals surface area (Å²) in [7, 11) is 3.48. The number of hydrogen-bond donors (Lipinski definition) is 1. The molecule has 0 aromatic carbocycles.